The number of carbonyl (C=O) groups is 2. The van der Waals surface area contributed by atoms with Crippen LogP contribution in [0.3, 0.4) is 0 Å². The molecule has 0 saturated carbocycles. The number of anilines is 1. The molecular formula is C18H20N2O2S. The summed E-state index contributed by atoms with van der Waals surface area (Å²) in [6.45, 7) is 0.479. The van der Waals surface area contributed by atoms with E-state index in [-0.39, 0.29) is 11.8 Å². The van der Waals surface area contributed by atoms with E-state index in [1.807, 2.05) is 48.7 Å². The second kappa shape index (κ2) is 9.00. The minimum Gasteiger partial charge on any atom is -0.352 e. The second-order valence-corrected chi connectivity index (χ2v) is 5.88. The number of thioether (sulfide) groups is 1. The summed E-state index contributed by atoms with van der Waals surface area (Å²) in [7, 11) is 0. The normalized spacial score (nSPS) is 10.1. The highest BCUT2D eigenvalue weighted by Gasteiger charge is 2.05. The molecule has 2 aromatic rings. The number of carbonyl (C=O) groups excluding carboxylic acids is 2. The molecule has 5 heteroatoms. The van der Waals surface area contributed by atoms with E-state index in [0.717, 1.165) is 10.6 Å². The smallest absolute Gasteiger partial charge is 0.251 e. The molecule has 0 fully saturated rings. The molecule has 4 nitrogen and oxygen atoms in total. The summed E-state index contributed by atoms with van der Waals surface area (Å²) < 4.78 is 0. The van der Waals surface area contributed by atoms with Gasteiger partial charge in [-0.15, -0.1) is 11.8 Å². The zero-order valence-electron chi connectivity index (χ0n) is 13.0. The third-order valence-electron chi connectivity index (χ3n) is 3.28. The van der Waals surface area contributed by atoms with Gasteiger partial charge in [0.2, 0.25) is 5.91 Å². The lowest BCUT2D eigenvalue weighted by Crippen LogP contribution is -2.25. The molecule has 0 atom stereocenters. The lowest BCUT2D eigenvalue weighted by atomic mass is 10.2. The van der Waals surface area contributed by atoms with Gasteiger partial charge in [0.05, 0.1) is 0 Å². The molecule has 0 radical (unpaired) electrons. The Bertz CT molecular complexity index is 642. The topological polar surface area (TPSA) is 58.2 Å². The van der Waals surface area contributed by atoms with Crippen LogP contribution in [0.25, 0.3) is 0 Å². The maximum Gasteiger partial charge on any atom is 0.251 e. The molecule has 23 heavy (non-hydrogen) atoms. The first-order valence-corrected chi connectivity index (χ1v) is 8.68. The van der Waals surface area contributed by atoms with Gasteiger partial charge in [0.1, 0.15) is 0 Å². The third kappa shape index (κ3) is 5.79. The molecule has 120 valence electrons. The van der Waals surface area contributed by atoms with Gasteiger partial charge in [0, 0.05) is 29.1 Å². The zero-order chi connectivity index (χ0) is 16.5. The standard InChI is InChI=1S/C18H20N2O2S/c1-23-16-11-9-15(10-12-16)20-17(21)8-5-13-19-18(22)14-6-3-2-4-7-14/h2-4,6-7,9-12H,5,8,13H2,1H3,(H,19,22)(H,20,21). The van der Waals surface area contributed by atoms with Crippen LogP contribution in [-0.2, 0) is 4.79 Å². The lowest BCUT2D eigenvalue weighted by molar-refractivity contribution is -0.116. The van der Waals surface area contributed by atoms with Crippen molar-refractivity contribution in [2.75, 3.05) is 18.1 Å². The minimum atomic E-state index is -0.112. The Morgan fingerprint density at radius 1 is 1.00 bits per heavy atom. The van der Waals surface area contributed by atoms with Crippen LogP contribution in [0.4, 0.5) is 5.69 Å². The quantitative estimate of drug-likeness (QED) is 0.603. The number of nitrogens with one attached hydrogen (secondary N) is 2. The molecule has 0 unspecified atom stereocenters. The molecule has 0 bridgehead atoms. The van der Waals surface area contributed by atoms with Gasteiger partial charge in [-0.2, -0.15) is 0 Å². The predicted molar refractivity (Wildman–Crippen MR) is 94.9 cm³/mol. The van der Waals surface area contributed by atoms with Crippen LogP contribution in [0.15, 0.2) is 59.5 Å². The van der Waals surface area contributed by atoms with E-state index in [2.05, 4.69) is 10.6 Å². The maximum atomic E-state index is 11.9. The largest absolute Gasteiger partial charge is 0.352 e. The number of hydrogen-bond donors (Lipinski definition) is 2. The molecule has 0 aliphatic rings. The number of benzene rings is 2. The molecule has 0 heterocycles. The van der Waals surface area contributed by atoms with Crippen molar-refractivity contribution in [3.63, 3.8) is 0 Å². The molecule has 2 aromatic carbocycles. The third-order valence-corrected chi connectivity index (χ3v) is 4.02. The lowest BCUT2D eigenvalue weighted by Gasteiger charge is -2.07. The van der Waals surface area contributed by atoms with Crippen LogP contribution in [-0.4, -0.2) is 24.6 Å². The van der Waals surface area contributed by atoms with Gasteiger partial charge < -0.3 is 10.6 Å². The van der Waals surface area contributed by atoms with Crippen LogP contribution in [0.5, 0.6) is 0 Å². The molecule has 2 N–H and O–H groups in total. The molecule has 0 spiro atoms. The molecular weight excluding hydrogens is 308 g/mol. The summed E-state index contributed by atoms with van der Waals surface area (Å²) in [5.74, 6) is -0.158. The molecule has 0 aliphatic heterocycles. The summed E-state index contributed by atoms with van der Waals surface area (Å²) in [6, 6.07) is 16.8. The summed E-state index contributed by atoms with van der Waals surface area (Å²) in [4.78, 5) is 24.8. The fraction of sp³-hybridized carbons (Fsp3) is 0.222. The highest BCUT2D eigenvalue weighted by molar-refractivity contribution is 7.98. The number of rotatable bonds is 7. The first-order valence-electron chi connectivity index (χ1n) is 7.46. The Hall–Kier alpha value is -2.27. The van der Waals surface area contributed by atoms with Crippen molar-refractivity contribution in [1.29, 1.82) is 0 Å². The fourth-order valence-corrected chi connectivity index (χ4v) is 2.45. The van der Waals surface area contributed by atoms with Crippen molar-refractivity contribution in [2.45, 2.75) is 17.7 Å². The number of hydrogen-bond acceptors (Lipinski definition) is 3. The second-order valence-electron chi connectivity index (χ2n) is 5.00. The Balaban J connectivity index is 1.67. The first-order chi connectivity index (χ1) is 11.2. The van der Waals surface area contributed by atoms with E-state index in [1.54, 1.807) is 23.9 Å². The van der Waals surface area contributed by atoms with Gasteiger partial charge in [0.15, 0.2) is 0 Å². The monoisotopic (exact) mass is 328 g/mol. The van der Waals surface area contributed by atoms with E-state index < -0.39 is 0 Å². The van der Waals surface area contributed by atoms with Crippen molar-refractivity contribution in [3.05, 3.63) is 60.2 Å². The summed E-state index contributed by atoms with van der Waals surface area (Å²) in [5, 5.41) is 5.66. The Labute approximate surface area is 140 Å². The summed E-state index contributed by atoms with van der Waals surface area (Å²) in [6.07, 6.45) is 2.99. The van der Waals surface area contributed by atoms with E-state index in [1.165, 1.54) is 0 Å². The van der Waals surface area contributed by atoms with Gasteiger partial charge in [-0.25, -0.2) is 0 Å². The van der Waals surface area contributed by atoms with Crippen molar-refractivity contribution < 1.29 is 9.59 Å². The van der Waals surface area contributed by atoms with E-state index in [4.69, 9.17) is 0 Å². The number of amides is 2. The maximum absolute atomic E-state index is 11.9. The van der Waals surface area contributed by atoms with Gasteiger partial charge >= 0.3 is 0 Å². The van der Waals surface area contributed by atoms with Crippen molar-refractivity contribution in [2.24, 2.45) is 0 Å². The average Bonchev–Trinajstić information content (AvgIpc) is 2.60. The van der Waals surface area contributed by atoms with E-state index in [0.29, 0.717) is 24.9 Å². The molecule has 2 rings (SSSR count). The van der Waals surface area contributed by atoms with Crippen LogP contribution >= 0.6 is 11.8 Å². The van der Waals surface area contributed by atoms with Crippen LogP contribution in [0.1, 0.15) is 23.2 Å². The first kappa shape index (κ1) is 17.1. The van der Waals surface area contributed by atoms with Crippen LogP contribution in [0, 0.1) is 0 Å². The minimum absolute atomic E-state index is 0.0455. The molecule has 0 saturated heterocycles. The van der Waals surface area contributed by atoms with Crippen molar-refractivity contribution in [3.8, 4) is 0 Å². The average molecular weight is 328 g/mol. The Morgan fingerprint density at radius 3 is 2.35 bits per heavy atom. The van der Waals surface area contributed by atoms with E-state index in [9.17, 15) is 9.59 Å². The zero-order valence-corrected chi connectivity index (χ0v) is 13.9. The Kier molecular flexibility index (Phi) is 6.69. The Morgan fingerprint density at radius 2 is 1.70 bits per heavy atom. The van der Waals surface area contributed by atoms with Crippen LogP contribution < -0.4 is 10.6 Å². The van der Waals surface area contributed by atoms with Crippen molar-refractivity contribution >= 4 is 29.3 Å². The molecule has 0 aromatic heterocycles. The SMILES string of the molecule is CSc1ccc(NC(=O)CCCNC(=O)c2ccccc2)cc1. The summed E-state index contributed by atoms with van der Waals surface area (Å²) in [5.41, 5.74) is 1.42. The van der Waals surface area contributed by atoms with Gasteiger partial charge in [0.25, 0.3) is 5.91 Å². The molecule has 0 aliphatic carbocycles. The van der Waals surface area contributed by atoms with E-state index >= 15 is 0 Å². The molecule has 2 amide bonds. The highest BCUT2D eigenvalue weighted by Crippen LogP contribution is 2.17. The van der Waals surface area contributed by atoms with Gasteiger partial charge in [-0.1, -0.05) is 18.2 Å². The van der Waals surface area contributed by atoms with Crippen LogP contribution in [0.2, 0.25) is 0 Å². The fourth-order valence-electron chi connectivity index (χ4n) is 2.04. The van der Waals surface area contributed by atoms with Gasteiger partial charge in [-0.05, 0) is 49.1 Å². The van der Waals surface area contributed by atoms with Crippen molar-refractivity contribution in [1.82, 2.24) is 5.32 Å². The predicted octanol–water partition coefficient (Wildman–Crippen LogP) is 3.56. The summed E-state index contributed by atoms with van der Waals surface area (Å²) >= 11 is 1.66. The highest BCUT2D eigenvalue weighted by atomic mass is 32.2. The van der Waals surface area contributed by atoms with Gasteiger partial charge in [-0.3, -0.25) is 9.59 Å².